The lowest BCUT2D eigenvalue weighted by molar-refractivity contribution is -0.132. The molecule has 7 nitrogen and oxygen atoms in total. The van der Waals surface area contributed by atoms with Gasteiger partial charge in [-0.25, -0.2) is 0 Å². The minimum Gasteiger partial charge on any atom is -0.490 e. The number of carbonyl (C=O) groups is 1. The quantitative estimate of drug-likeness (QED) is 0.542. The van der Waals surface area contributed by atoms with Crippen molar-refractivity contribution in [3.63, 3.8) is 0 Å². The van der Waals surface area contributed by atoms with E-state index >= 15 is 0 Å². The molecule has 0 bridgehead atoms. The monoisotopic (exact) mass is 504 g/mol. The van der Waals surface area contributed by atoms with Gasteiger partial charge in [-0.1, -0.05) is 37.3 Å². The van der Waals surface area contributed by atoms with Gasteiger partial charge < -0.3 is 19.3 Å². The van der Waals surface area contributed by atoms with E-state index in [-0.39, 0.29) is 24.0 Å². The van der Waals surface area contributed by atoms with Gasteiger partial charge in [-0.15, -0.1) is 0 Å². The Bertz CT molecular complexity index is 1060. The van der Waals surface area contributed by atoms with Gasteiger partial charge in [-0.2, -0.15) is 0 Å². The molecule has 2 aliphatic heterocycles. The van der Waals surface area contributed by atoms with Gasteiger partial charge in [-0.05, 0) is 36.4 Å². The third-order valence-electron chi connectivity index (χ3n) is 7.92. The molecule has 2 atom stereocenters. The summed E-state index contributed by atoms with van der Waals surface area (Å²) >= 11 is 0. The van der Waals surface area contributed by atoms with Crippen molar-refractivity contribution in [2.45, 2.75) is 44.3 Å². The van der Waals surface area contributed by atoms with Crippen LogP contribution in [0.5, 0.6) is 5.75 Å². The first-order chi connectivity index (χ1) is 18.1. The summed E-state index contributed by atoms with van der Waals surface area (Å²) in [6, 6.07) is 12.6. The summed E-state index contributed by atoms with van der Waals surface area (Å²) in [6.07, 6.45) is 8.66. The largest absolute Gasteiger partial charge is 0.490 e. The highest BCUT2D eigenvalue weighted by atomic mass is 16.5. The molecule has 1 aromatic heterocycles. The Morgan fingerprint density at radius 1 is 1.03 bits per heavy atom. The third-order valence-corrected chi connectivity index (χ3v) is 7.92. The van der Waals surface area contributed by atoms with Crippen molar-refractivity contribution in [1.29, 1.82) is 0 Å². The van der Waals surface area contributed by atoms with Crippen LogP contribution in [0.3, 0.4) is 0 Å². The van der Waals surface area contributed by atoms with E-state index in [0.717, 1.165) is 75.7 Å². The van der Waals surface area contributed by atoms with Gasteiger partial charge in [0.05, 0.1) is 12.3 Å². The van der Waals surface area contributed by atoms with Crippen LogP contribution in [-0.2, 0) is 9.53 Å². The fraction of sp³-hybridized carbons (Fsp3) is 0.533. The standard InChI is InChI=1S/C30H40N4O3/c1-3-28(35)34-15-12-26(13-16-34)37-25-9-6-23(7-10-25)27-11-8-24-5-4-14-31-29(24)30(27)36-22-21-33-19-17-32(2)18-20-33/h4-11,14,26-27,30H,3,12-13,15-22H2,1-2H3. The Kier molecular flexibility index (Phi) is 8.54. The number of carbonyl (C=O) groups excluding carboxylic acids is 1. The summed E-state index contributed by atoms with van der Waals surface area (Å²) in [7, 11) is 2.18. The molecule has 37 heavy (non-hydrogen) atoms. The number of fused-ring (bicyclic) bond motifs is 1. The predicted molar refractivity (Wildman–Crippen MR) is 146 cm³/mol. The molecule has 2 saturated heterocycles. The molecule has 2 aromatic rings. The molecule has 0 radical (unpaired) electrons. The number of amides is 1. The Morgan fingerprint density at radius 3 is 2.51 bits per heavy atom. The number of piperazine rings is 1. The summed E-state index contributed by atoms with van der Waals surface area (Å²) in [4.78, 5) is 23.5. The molecule has 0 N–H and O–H groups in total. The van der Waals surface area contributed by atoms with Crippen LogP contribution in [0, 0.1) is 0 Å². The SMILES string of the molecule is CCC(=O)N1CCC(Oc2ccc(C3C=Cc4cccnc4C3OCCN3CCN(C)CC3)cc2)CC1. The van der Waals surface area contributed by atoms with Crippen LogP contribution in [0.25, 0.3) is 6.08 Å². The fourth-order valence-electron chi connectivity index (χ4n) is 5.54. The first-order valence-electron chi connectivity index (χ1n) is 13.8. The number of ether oxygens (including phenoxy) is 2. The smallest absolute Gasteiger partial charge is 0.222 e. The molecule has 2 unspecified atom stereocenters. The first kappa shape index (κ1) is 25.9. The number of pyridine rings is 1. The van der Waals surface area contributed by atoms with Crippen LogP contribution < -0.4 is 4.74 Å². The lowest BCUT2D eigenvalue weighted by Crippen LogP contribution is -2.45. The number of rotatable bonds is 8. The average molecular weight is 505 g/mol. The van der Waals surface area contributed by atoms with Crippen LogP contribution in [0.1, 0.15) is 55.0 Å². The van der Waals surface area contributed by atoms with Crippen LogP contribution in [0.4, 0.5) is 0 Å². The highest BCUT2D eigenvalue weighted by Crippen LogP contribution is 2.40. The van der Waals surface area contributed by atoms with Crippen LogP contribution in [0.15, 0.2) is 48.7 Å². The van der Waals surface area contributed by atoms with Crippen molar-refractivity contribution in [1.82, 2.24) is 19.7 Å². The Balaban J connectivity index is 1.21. The van der Waals surface area contributed by atoms with E-state index in [1.54, 1.807) is 0 Å². The summed E-state index contributed by atoms with van der Waals surface area (Å²) in [5.74, 6) is 1.22. The van der Waals surface area contributed by atoms with Gasteiger partial charge in [-0.3, -0.25) is 14.7 Å². The molecule has 2 fully saturated rings. The highest BCUT2D eigenvalue weighted by Gasteiger charge is 2.30. The van der Waals surface area contributed by atoms with Crippen LogP contribution in [0.2, 0.25) is 0 Å². The van der Waals surface area contributed by atoms with E-state index < -0.39 is 0 Å². The zero-order chi connectivity index (χ0) is 25.6. The zero-order valence-corrected chi connectivity index (χ0v) is 22.2. The molecular weight excluding hydrogens is 464 g/mol. The van der Waals surface area contributed by atoms with E-state index in [0.29, 0.717) is 13.0 Å². The second-order valence-corrected chi connectivity index (χ2v) is 10.4. The summed E-state index contributed by atoms with van der Waals surface area (Å²) < 4.78 is 12.8. The van der Waals surface area contributed by atoms with Crippen molar-refractivity contribution in [3.8, 4) is 5.75 Å². The van der Waals surface area contributed by atoms with Crippen molar-refractivity contribution >= 4 is 12.0 Å². The van der Waals surface area contributed by atoms with Gasteiger partial charge in [0.2, 0.25) is 5.91 Å². The van der Waals surface area contributed by atoms with Crippen LogP contribution >= 0.6 is 0 Å². The second-order valence-electron chi connectivity index (χ2n) is 10.4. The fourth-order valence-corrected chi connectivity index (χ4v) is 5.54. The van der Waals surface area contributed by atoms with Crippen molar-refractivity contribution < 1.29 is 14.3 Å². The summed E-state index contributed by atoms with van der Waals surface area (Å²) in [5, 5.41) is 0. The Hall–Kier alpha value is -2.74. The van der Waals surface area contributed by atoms with E-state index in [1.807, 2.05) is 24.1 Å². The first-order valence-corrected chi connectivity index (χ1v) is 13.8. The molecule has 0 saturated carbocycles. The van der Waals surface area contributed by atoms with Gasteiger partial charge in [0.1, 0.15) is 18.0 Å². The van der Waals surface area contributed by atoms with Crippen molar-refractivity contribution in [2.75, 3.05) is 59.5 Å². The lowest BCUT2D eigenvalue weighted by atomic mass is 9.85. The average Bonchev–Trinajstić information content (AvgIpc) is 2.94. The van der Waals surface area contributed by atoms with Gasteiger partial charge >= 0.3 is 0 Å². The predicted octanol–water partition coefficient (Wildman–Crippen LogP) is 3.98. The second kappa shape index (κ2) is 12.2. The van der Waals surface area contributed by atoms with E-state index in [1.165, 1.54) is 5.56 Å². The maximum Gasteiger partial charge on any atom is 0.222 e. The number of piperidine rings is 1. The van der Waals surface area contributed by atoms with E-state index in [2.05, 4.69) is 59.3 Å². The molecule has 5 rings (SSSR count). The Labute approximate surface area is 221 Å². The molecule has 198 valence electrons. The minimum atomic E-state index is -0.110. The maximum atomic E-state index is 11.9. The molecule has 3 aliphatic rings. The lowest BCUT2D eigenvalue weighted by Gasteiger charge is -2.34. The van der Waals surface area contributed by atoms with E-state index in [4.69, 9.17) is 14.5 Å². The van der Waals surface area contributed by atoms with Gasteiger partial charge in [0.15, 0.2) is 0 Å². The topological polar surface area (TPSA) is 58.1 Å². The number of nitrogens with zero attached hydrogens (tertiary/aromatic N) is 4. The maximum absolute atomic E-state index is 11.9. The Morgan fingerprint density at radius 2 is 1.78 bits per heavy atom. The van der Waals surface area contributed by atoms with E-state index in [9.17, 15) is 4.79 Å². The van der Waals surface area contributed by atoms with Crippen molar-refractivity contribution in [2.24, 2.45) is 0 Å². The zero-order valence-electron chi connectivity index (χ0n) is 22.2. The number of benzene rings is 1. The molecule has 1 aromatic carbocycles. The summed E-state index contributed by atoms with van der Waals surface area (Å²) in [6.45, 7) is 9.53. The molecular formula is C30H40N4O3. The number of hydrogen-bond donors (Lipinski definition) is 0. The van der Waals surface area contributed by atoms with Crippen LogP contribution in [-0.4, -0.2) is 91.2 Å². The highest BCUT2D eigenvalue weighted by molar-refractivity contribution is 5.75. The van der Waals surface area contributed by atoms with Crippen molar-refractivity contribution in [3.05, 3.63) is 65.5 Å². The minimum absolute atomic E-state index is 0.104. The van der Waals surface area contributed by atoms with Gasteiger partial charge in [0, 0.05) is 77.2 Å². The number of likely N-dealkylation sites (tertiary alicyclic amines) is 1. The third kappa shape index (κ3) is 6.40. The number of likely N-dealkylation sites (N-methyl/N-ethyl adjacent to an activating group) is 1. The molecule has 0 spiro atoms. The number of aromatic nitrogens is 1. The molecule has 1 amide bonds. The molecule has 7 heteroatoms. The normalized spacial score (nSPS) is 23.1. The number of hydrogen-bond acceptors (Lipinski definition) is 6. The van der Waals surface area contributed by atoms with Gasteiger partial charge in [0.25, 0.3) is 0 Å². The molecule has 1 aliphatic carbocycles. The summed E-state index contributed by atoms with van der Waals surface area (Å²) in [5.41, 5.74) is 3.35. The molecule has 3 heterocycles.